The third-order valence-electron chi connectivity index (χ3n) is 3.43. The minimum absolute atomic E-state index is 0.0795. The fraction of sp³-hybridized carbons (Fsp3) is 0.909. The Kier molecular flexibility index (Phi) is 5.02. The van der Waals surface area contributed by atoms with Crippen molar-refractivity contribution in [3.05, 3.63) is 0 Å². The van der Waals surface area contributed by atoms with E-state index in [0.717, 1.165) is 26.1 Å². The van der Waals surface area contributed by atoms with Gasteiger partial charge in [-0.15, -0.1) is 0 Å². The molecule has 1 fully saturated rings. The number of ether oxygens (including phenoxy) is 1. The van der Waals surface area contributed by atoms with Gasteiger partial charge in [0.05, 0.1) is 6.10 Å². The Hall–Kier alpha value is -0.810. The molecular weight excluding hydrogens is 206 g/mol. The summed E-state index contributed by atoms with van der Waals surface area (Å²) < 4.78 is 5.45. The van der Waals surface area contributed by atoms with E-state index >= 15 is 0 Å². The van der Waals surface area contributed by atoms with Crippen molar-refractivity contribution < 1.29 is 9.94 Å². The van der Waals surface area contributed by atoms with Gasteiger partial charge in [-0.05, 0) is 18.9 Å². The number of rotatable bonds is 4. The molecule has 0 aromatic heterocycles. The van der Waals surface area contributed by atoms with Crippen LogP contribution in [0.25, 0.3) is 0 Å². The summed E-state index contributed by atoms with van der Waals surface area (Å²) in [7, 11) is 1.76. The second-order valence-corrected chi connectivity index (χ2v) is 4.73. The van der Waals surface area contributed by atoms with Crippen molar-refractivity contribution in [1.82, 2.24) is 4.90 Å². The molecule has 0 aromatic carbocycles. The molecule has 0 spiro atoms. The number of oxime groups is 1. The molecule has 16 heavy (non-hydrogen) atoms. The molecule has 0 saturated carbocycles. The Morgan fingerprint density at radius 1 is 1.69 bits per heavy atom. The normalized spacial score (nSPS) is 30.3. The van der Waals surface area contributed by atoms with Crippen LogP contribution in [0, 0.1) is 11.8 Å². The lowest BCUT2D eigenvalue weighted by molar-refractivity contribution is -0.00661. The smallest absolute Gasteiger partial charge is 0.143 e. The van der Waals surface area contributed by atoms with Crippen LogP contribution in [0.5, 0.6) is 0 Å². The van der Waals surface area contributed by atoms with E-state index in [1.807, 2.05) is 6.92 Å². The number of hydrogen-bond acceptors (Lipinski definition) is 4. The number of methoxy groups -OCH3 is 1. The summed E-state index contributed by atoms with van der Waals surface area (Å²) in [6, 6.07) is 0. The van der Waals surface area contributed by atoms with E-state index in [4.69, 9.17) is 15.7 Å². The Balaban J connectivity index is 2.44. The highest BCUT2D eigenvalue weighted by Gasteiger charge is 2.27. The summed E-state index contributed by atoms with van der Waals surface area (Å²) in [5.41, 5.74) is 5.57. The topological polar surface area (TPSA) is 71.1 Å². The number of nitrogens with zero attached hydrogens (tertiary/aromatic N) is 2. The number of nitrogens with two attached hydrogens (primary N) is 1. The maximum absolute atomic E-state index is 8.59. The van der Waals surface area contributed by atoms with Crippen molar-refractivity contribution in [1.29, 1.82) is 0 Å². The summed E-state index contributed by atoms with van der Waals surface area (Å²) >= 11 is 0. The van der Waals surface area contributed by atoms with Gasteiger partial charge in [0, 0.05) is 26.1 Å². The molecule has 1 heterocycles. The molecule has 0 aromatic rings. The molecule has 0 bridgehead atoms. The highest BCUT2D eigenvalue weighted by Crippen LogP contribution is 2.20. The van der Waals surface area contributed by atoms with Crippen LogP contribution in [0.2, 0.25) is 0 Å². The van der Waals surface area contributed by atoms with Crippen LogP contribution in [0.1, 0.15) is 20.3 Å². The lowest BCUT2D eigenvalue weighted by atomic mass is 9.95. The number of piperidine rings is 1. The zero-order valence-corrected chi connectivity index (χ0v) is 10.4. The van der Waals surface area contributed by atoms with Gasteiger partial charge in [-0.3, -0.25) is 0 Å². The van der Waals surface area contributed by atoms with Crippen molar-refractivity contribution in [2.75, 3.05) is 26.7 Å². The first-order chi connectivity index (χ1) is 7.58. The molecule has 1 aliphatic heterocycles. The average molecular weight is 229 g/mol. The largest absolute Gasteiger partial charge is 0.409 e. The molecular formula is C11H23N3O2. The summed E-state index contributed by atoms with van der Waals surface area (Å²) in [5, 5.41) is 11.6. The first-order valence-electron chi connectivity index (χ1n) is 5.81. The Morgan fingerprint density at radius 3 is 2.94 bits per heavy atom. The molecule has 3 N–H and O–H groups in total. The average Bonchev–Trinajstić information content (AvgIpc) is 2.30. The van der Waals surface area contributed by atoms with Gasteiger partial charge < -0.3 is 20.6 Å². The van der Waals surface area contributed by atoms with E-state index in [1.54, 1.807) is 7.11 Å². The van der Waals surface area contributed by atoms with Crippen LogP contribution < -0.4 is 5.73 Å². The van der Waals surface area contributed by atoms with Gasteiger partial charge in [-0.25, -0.2) is 0 Å². The van der Waals surface area contributed by atoms with Crippen molar-refractivity contribution in [2.45, 2.75) is 26.4 Å². The standard InChI is InChI=1S/C11H23N3O2/c1-8-4-5-14(7-10(8)16-3)6-9(2)11(12)13-15/h8-10,15H,4-7H2,1-3H3,(H2,12,13). The van der Waals surface area contributed by atoms with Crippen molar-refractivity contribution >= 4 is 5.84 Å². The SMILES string of the molecule is COC1CN(CC(C)C(N)=NO)CCC1C. The number of amidine groups is 1. The first-order valence-corrected chi connectivity index (χ1v) is 5.81. The van der Waals surface area contributed by atoms with Gasteiger partial charge in [-0.1, -0.05) is 19.0 Å². The highest BCUT2D eigenvalue weighted by atomic mass is 16.5. The Morgan fingerprint density at radius 2 is 2.38 bits per heavy atom. The molecule has 1 aliphatic rings. The molecule has 5 nitrogen and oxygen atoms in total. The van der Waals surface area contributed by atoms with Crippen molar-refractivity contribution in [2.24, 2.45) is 22.7 Å². The quantitative estimate of drug-likeness (QED) is 0.322. The summed E-state index contributed by atoms with van der Waals surface area (Å²) in [5.74, 6) is 0.990. The lowest BCUT2D eigenvalue weighted by Crippen LogP contribution is -2.46. The molecule has 0 aliphatic carbocycles. The monoisotopic (exact) mass is 229 g/mol. The van der Waals surface area contributed by atoms with Crippen LogP contribution >= 0.6 is 0 Å². The first kappa shape index (κ1) is 13.3. The third kappa shape index (κ3) is 3.35. The molecule has 0 radical (unpaired) electrons. The highest BCUT2D eigenvalue weighted by molar-refractivity contribution is 5.82. The zero-order chi connectivity index (χ0) is 12.1. The van der Waals surface area contributed by atoms with Crippen LogP contribution in [-0.4, -0.2) is 48.8 Å². The maximum atomic E-state index is 8.59. The molecule has 3 unspecified atom stereocenters. The minimum atomic E-state index is 0.0795. The van der Waals surface area contributed by atoms with Gasteiger partial charge in [-0.2, -0.15) is 0 Å². The fourth-order valence-corrected chi connectivity index (χ4v) is 2.15. The second-order valence-electron chi connectivity index (χ2n) is 4.73. The Labute approximate surface area is 97.2 Å². The third-order valence-corrected chi connectivity index (χ3v) is 3.43. The minimum Gasteiger partial charge on any atom is -0.409 e. The van der Waals surface area contributed by atoms with E-state index < -0.39 is 0 Å². The molecule has 3 atom stereocenters. The molecule has 5 heteroatoms. The van der Waals surface area contributed by atoms with E-state index in [1.165, 1.54) is 0 Å². The van der Waals surface area contributed by atoms with Crippen molar-refractivity contribution in [3.63, 3.8) is 0 Å². The molecule has 1 rings (SSSR count). The van der Waals surface area contributed by atoms with Crippen LogP contribution in [-0.2, 0) is 4.74 Å². The van der Waals surface area contributed by atoms with Crippen molar-refractivity contribution in [3.8, 4) is 0 Å². The van der Waals surface area contributed by atoms with Crippen LogP contribution in [0.3, 0.4) is 0 Å². The molecule has 94 valence electrons. The lowest BCUT2D eigenvalue weighted by Gasteiger charge is -2.37. The maximum Gasteiger partial charge on any atom is 0.143 e. The fourth-order valence-electron chi connectivity index (χ4n) is 2.15. The number of likely N-dealkylation sites (tertiary alicyclic amines) is 1. The Bertz CT molecular complexity index is 245. The van der Waals surface area contributed by atoms with E-state index in [0.29, 0.717) is 17.9 Å². The predicted molar refractivity (Wildman–Crippen MR) is 63.6 cm³/mol. The van der Waals surface area contributed by atoms with Gasteiger partial charge >= 0.3 is 0 Å². The molecule has 1 saturated heterocycles. The zero-order valence-electron chi connectivity index (χ0n) is 10.4. The van der Waals surface area contributed by atoms with E-state index in [2.05, 4.69) is 17.0 Å². The van der Waals surface area contributed by atoms with Crippen LogP contribution in [0.4, 0.5) is 0 Å². The summed E-state index contributed by atoms with van der Waals surface area (Å²) in [6.45, 7) is 7.00. The van der Waals surface area contributed by atoms with E-state index in [9.17, 15) is 0 Å². The van der Waals surface area contributed by atoms with Gasteiger partial charge in [0.15, 0.2) is 0 Å². The summed E-state index contributed by atoms with van der Waals surface area (Å²) in [4.78, 5) is 2.32. The van der Waals surface area contributed by atoms with Crippen LogP contribution in [0.15, 0.2) is 5.16 Å². The number of hydrogen-bond donors (Lipinski definition) is 2. The van der Waals surface area contributed by atoms with E-state index in [-0.39, 0.29) is 5.92 Å². The second kappa shape index (κ2) is 6.06. The summed E-state index contributed by atoms with van der Waals surface area (Å²) in [6.07, 6.45) is 1.44. The predicted octanol–water partition coefficient (Wildman–Crippen LogP) is 0.726. The molecule has 0 amide bonds. The van der Waals surface area contributed by atoms with Gasteiger partial charge in [0.1, 0.15) is 5.84 Å². The van der Waals surface area contributed by atoms with Gasteiger partial charge in [0.25, 0.3) is 0 Å². The van der Waals surface area contributed by atoms with Gasteiger partial charge in [0.2, 0.25) is 0 Å².